The Morgan fingerprint density at radius 2 is 1.74 bits per heavy atom. The van der Waals surface area contributed by atoms with E-state index in [9.17, 15) is 30.3 Å². The molecule has 1 aromatic heterocycles. The zero-order valence-corrected chi connectivity index (χ0v) is 16.8. The quantitative estimate of drug-likeness (QED) is 0.419. The van der Waals surface area contributed by atoms with E-state index in [2.05, 4.69) is 0 Å². The van der Waals surface area contributed by atoms with Crippen LogP contribution >= 0.6 is 0 Å². The minimum Gasteiger partial charge on any atom is -0.507 e. The summed E-state index contributed by atoms with van der Waals surface area (Å²) in [5.41, 5.74) is 1.43. The van der Waals surface area contributed by atoms with Gasteiger partial charge in [0.15, 0.2) is 5.43 Å². The number of aromatic hydroxyl groups is 1. The number of benzene rings is 2. The third-order valence-electron chi connectivity index (χ3n) is 5.74. The van der Waals surface area contributed by atoms with Gasteiger partial charge in [-0.15, -0.1) is 0 Å². The van der Waals surface area contributed by atoms with E-state index in [1.165, 1.54) is 18.2 Å². The van der Waals surface area contributed by atoms with Gasteiger partial charge < -0.3 is 34.7 Å². The predicted octanol–water partition coefficient (Wildman–Crippen LogP) is 1.32. The molecule has 0 saturated heterocycles. The van der Waals surface area contributed by atoms with Gasteiger partial charge in [0.1, 0.15) is 46.5 Å². The smallest absolute Gasteiger partial charge is 0.197 e. The standard InChI is InChI=1S/C23H24O8/c1-11-2-4-12(5-3-11)17-9-16(26)20-15(25)7-14(8-18(20)31-17)30-19-6-13(10-24)21(27)23(29)22(19)28/h2-5,7-9,13,19,21-25,27-29H,6,10H2,1H3/t13-,19-,21-,22+,23+/m1/s1. The summed E-state index contributed by atoms with van der Waals surface area (Å²) in [6.07, 6.45) is -5.03. The van der Waals surface area contributed by atoms with E-state index in [-0.39, 0.29) is 35.5 Å². The van der Waals surface area contributed by atoms with Crippen LogP contribution in [0.15, 0.2) is 51.7 Å². The monoisotopic (exact) mass is 428 g/mol. The Morgan fingerprint density at radius 3 is 2.42 bits per heavy atom. The highest BCUT2D eigenvalue weighted by atomic mass is 16.5. The van der Waals surface area contributed by atoms with Gasteiger partial charge in [-0.1, -0.05) is 29.8 Å². The molecule has 5 atom stereocenters. The normalized spacial score (nSPS) is 26.2. The fourth-order valence-corrected chi connectivity index (χ4v) is 3.92. The molecule has 1 fully saturated rings. The van der Waals surface area contributed by atoms with Crippen molar-refractivity contribution in [3.8, 4) is 22.8 Å². The third kappa shape index (κ3) is 4.03. The molecule has 0 spiro atoms. The molecule has 1 heterocycles. The second kappa shape index (κ2) is 8.32. The minimum atomic E-state index is -1.49. The molecule has 0 bridgehead atoms. The van der Waals surface area contributed by atoms with Crippen LogP contribution in [0, 0.1) is 12.8 Å². The molecular weight excluding hydrogens is 404 g/mol. The first-order chi connectivity index (χ1) is 14.8. The Labute approximate surface area is 177 Å². The first-order valence-electron chi connectivity index (χ1n) is 9.98. The van der Waals surface area contributed by atoms with E-state index in [0.717, 1.165) is 5.56 Å². The van der Waals surface area contributed by atoms with Crippen molar-refractivity contribution in [2.75, 3.05) is 6.61 Å². The summed E-state index contributed by atoms with van der Waals surface area (Å²) in [6.45, 7) is 1.56. The van der Waals surface area contributed by atoms with Crippen molar-refractivity contribution in [1.29, 1.82) is 0 Å². The van der Waals surface area contributed by atoms with Crippen LogP contribution in [0.2, 0.25) is 0 Å². The highest BCUT2D eigenvalue weighted by Crippen LogP contribution is 2.34. The molecule has 8 heteroatoms. The maximum absolute atomic E-state index is 12.6. The van der Waals surface area contributed by atoms with Gasteiger partial charge >= 0.3 is 0 Å². The molecule has 0 radical (unpaired) electrons. The van der Waals surface area contributed by atoms with E-state index in [1.54, 1.807) is 0 Å². The van der Waals surface area contributed by atoms with Gasteiger partial charge in [0.25, 0.3) is 0 Å². The lowest BCUT2D eigenvalue weighted by Crippen LogP contribution is -2.56. The minimum absolute atomic E-state index is 0.00361. The molecule has 4 rings (SSSR count). The number of aryl methyl sites for hydroxylation is 1. The number of aliphatic hydroxyl groups excluding tert-OH is 4. The summed E-state index contributed by atoms with van der Waals surface area (Å²) in [5, 5.41) is 50.1. The van der Waals surface area contributed by atoms with Crippen LogP contribution in [0.1, 0.15) is 12.0 Å². The van der Waals surface area contributed by atoms with Crippen LogP contribution in [-0.2, 0) is 0 Å². The van der Waals surface area contributed by atoms with Crippen LogP contribution < -0.4 is 10.2 Å². The maximum atomic E-state index is 12.6. The topological polar surface area (TPSA) is 141 Å². The van der Waals surface area contributed by atoms with E-state index in [0.29, 0.717) is 11.3 Å². The Hall–Kier alpha value is -2.91. The van der Waals surface area contributed by atoms with Crippen molar-refractivity contribution in [3.05, 3.63) is 58.3 Å². The van der Waals surface area contributed by atoms with Gasteiger partial charge in [-0.3, -0.25) is 4.79 Å². The number of hydrogen-bond donors (Lipinski definition) is 5. The highest BCUT2D eigenvalue weighted by Gasteiger charge is 2.43. The summed E-state index contributed by atoms with van der Waals surface area (Å²) < 4.78 is 11.6. The van der Waals surface area contributed by atoms with Gasteiger partial charge in [-0.25, -0.2) is 0 Å². The summed E-state index contributed by atoms with van der Waals surface area (Å²) in [5.74, 6) is -0.589. The SMILES string of the molecule is Cc1ccc(-c2cc(=O)c3c(O)cc(O[C@@H]4C[C@H](CO)[C@@H](O)[C@H](O)[C@H]4O)cc3o2)cc1. The van der Waals surface area contributed by atoms with Gasteiger partial charge in [0.2, 0.25) is 0 Å². The van der Waals surface area contributed by atoms with Crippen LogP contribution in [0.4, 0.5) is 0 Å². The van der Waals surface area contributed by atoms with Crippen molar-refractivity contribution in [2.45, 2.75) is 37.8 Å². The fourth-order valence-electron chi connectivity index (χ4n) is 3.92. The molecule has 1 saturated carbocycles. The van der Waals surface area contributed by atoms with Crippen molar-refractivity contribution in [3.63, 3.8) is 0 Å². The number of hydrogen-bond acceptors (Lipinski definition) is 8. The lowest BCUT2D eigenvalue weighted by molar-refractivity contribution is -0.156. The van der Waals surface area contributed by atoms with E-state index >= 15 is 0 Å². The highest BCUT2D eigenvalue weighted by molar-refractivity contribution is 5.86. The summed E-state index contributed by atoms with van der Waals surface area (Å²) in [6, 6.07) is 11.4. The van der Waals surface area contributed by atoms with Crippen molar-refractivity contribution in [1.82, 2.24) is 0 Å². The molecule has 8 nitrogen and oxygen atoms in total. The molecular formula is C23H24O8. The van der Waals surface area contributed by atoms with Crippen molar-refractivity contribution >= 4 is 11.0 Å². The molecule has 3 aromatic rings. The zero-order valence-electron chi connectivity index (χ0n) is 16.8. The van der Waals surface area contributed by atoms with Crippen molar-refractivity contribution < 1.29 is 34.7 Å². The summed E-state index contributed by atoms with van der Waals surface area (Å²) in [7, 11) is 0. The van der Waals surface area contributed by atoms with Gasteiger partial charge in [-0.05, 0) is 13.3 Å². The number of phenolic OH excluding ortho intramolecular Hbond substituents is 1. The molecule has 1 aliphatic rings. The average Bonchev–Trinajstić information content (AvgIpc) is 2.74. The van der Waals surface area contributed by atoms with Gasteiger partial charge in [0.05, 0.1) is 6.10 Å². The Morgan fingerprint density at radius 1 is 1.03 bits per heavy atom. The fraction of sp³-hybridized carbons (Fsp3) is 0.348. The molecule has 2 aromatic carbocycles. The lowest BCUT2D eigenvalue weighted by atomic mass is 9.81. The molecule has 0 unspecified atom stereocenters. The lowest BCUT2D eigenvalue weighted by Gasteiger charge is -2.39. The van der Waals surface area contributed by atoms with E-state index in [1.807, 2.05) is 31.2 Å². The number of rotatable bonds is 4. The maximum Gasteiger partial charge on any atom is 0.197 e. The van der Waals surface area contributed by atoms with E-state index in [4.69, 9.17) is 9.15 Å². The summed E-state index contributed by atoms with van der Waals surface area (Å²) >= 11 is 0. The zero-order chi connectivity index (χ0) is 22.3. The Balaban J connectivity index is 1.71. The predicted molar refractivity (Wildman–Crippen MR) is 112 cm³/mol. The summed E-state index contributed by atoms with van der Waals surface area (Å²) in [4.78, 5) is 12.6. The van der Waals surface area contributed by atoms with E-state index < -0.39 is 35.8 Å². The second-order valence-corrected chi connectivity index (χ2v) is 7.96. The van der Waals surface area contributed by atoms with Crippen LogP contribution in [0.5, 0.6) is 11.5 Å². The second-order valence-electron chi connectivity index (χ2n) is 7.96. The van der Waals surface area contributed by atoms with Crippen LogP contribution in [0.25, 0.3) is 22.3 Å². The molecule has 1 aliphatic carbocycles. The molecule has 0 aliphatic heterocycles. The Kier molecular flexibility index (Phi) is 5.72. The first-order valence-corrected chi connectivity index (χ1v) is 9.98. The number of phenols is 1. The molecule has 0 amide bonds. The van der Waals surface area contributed by atoms with Crippen LogP contribution in [-0.4, -0.2) is 56.6 Å². The largest absolute Gasteiger partial charge is 0.507 e. The Bertz CT molecular complexity index is 1130. The number of ether oxygens (including phenoxy) is 1. The molecule has 164 valence electrons. The first kappa shape index (κ1) is 21.3. The number of fused-ring (bicyclic) bond motifs is 1. The van der Waals surface area contributed by atoms with Crippen molar-refractivity contribution in [2.24, 2.45) is 5.92 Å². The number of aliphatic hydroxyl groups is 4. The molecule has 31 heavy (non-hydrogen) atoms. The molecule has 5 N–H and O–H groups in total. The van der Waals surface area contributed by atoms with Crippen LogP contribution in [0.3, 0.4) is 0 Å². The third-order valence-corrected chi connectivity index (χ3v) is 5.74. The van der Waals surface area contributed by atoms with Gasteiger partial charge in [0, 0.05) is 36.3 Å². The van der Waals surface area contributed by atoms with Gasteiger partial charge in [-0.2, -0.15) is 0 Å². The average molecular weight is 428 g/mol.